The van der Waals surface area contributed by atoms with Gasteiger partial charge in [0, 0.05) is 28.9 Å². The van der Waals surface area contributed by atoms with Crippen molar-refractivity contribution in [1.29, 1.82) is 0 Å². The number of ether oxygens (including phenoxy) is 1. The monoisotopic (exact) mass is 386 g/mol. The number of rotatable bonds is 5. The third kappa shape index (κ3) is 4.01. The van der Waals surface area contributed by atoms with Crippen molar-refractivity contribution in [3.05, 3.63) is 96.1 Å². The molecular weight excluding hydrogens is 371 g/mol. The van der Waals surface area contributed by atoms with Crippen molar-refractivity contribution < 1.29 is 18.7 Å². The lowest BCUT2D eigenvalue weighted by Gasteiger charge is -2.10. The lowest BCUT2D eigenvalue weighted by molar-refractivity contribution is 0.0476. The number of nitrogens with zero attached hydrogens (tertiary/aromatic N) is 2. The number of hydrogen-bond acceptors (Lipinski definition) is 5. The number of benzene rings is 2. The largest absolute Gasteiger partial charge is 0.454 e. The minimum Gasteiger partial charge on any atom is -0.454 e. The van der Waals surface area contributed by atoms with E-state index in [2.05, 4.69) is 9.97 Å². The fourth-order valence-corrected chi connectivity index (χ4v) is 2.93. The van der Waals surface area contributed by atoms with Gasteiger partial charge in [-0.25, -0.2) is 14.2 Å². The standard InChI is InChI=1S/C23H15FN2O3/c24-17-9-7-15(8-10-17)22(27)14-29-23(28)19-12-21(16-4-3-11-25-13-16)26-20-6-2-1-5-18(19)20/h1-13H,14H2. The maximum Gasteiger partial charge on any atom is 0.339 e. The molecule has 0 aliphatic rings. The number of para-hydroxylation sites is 1. The molecule has 2 aromatic heterocycles. The molecule has 2 aromatic carbocycles. The highest BCUT2D eigenvalue weighted by Crippen LogP contribution is 2.25. The predicted molar refractivity (Wildman–Crippen MR) is 106 cm³/mol. The van der Waals surface area contributed by atoms with Crippen LogP contribution in [0.25, 0.3) is 22.2 Å². The average Bonchev–Trinajstić information content (AvgIpc) is 2.77. The summed E-state index contributed by atoms with van der Waals surface area (Å²) in [4.78, 5) is 33.7. The number of hydrogen-bond donors (Lipinski definition) is 0. The average molecular weight is 386 g/mol. The smallest absolute Gasteiger partial charge is 0.339 e. The van der Waals surface area contributed by atoms with Gasteiger partial charge in [0.1, 0.15) is 5.82 Å². The van der Waals surface area contributed by atoms with Gasteiger partial charge in [-0.1, -0.05) is 18.2 Å². The second-order valence-electron chi connectivity index (χ2n) is 6.32. The summed E-state index contributed by atoms with van der Waals surface area (Å²) in [5.74, 6) is -1.49. The third-order valence-corrected chi connectivity index (χ3v) is 4.39. The van der Waals surface area contributed by atoms with Gasteiger partial charge in [0.2, 0.25) is 0 Å². The number of pyridine rings is 2. The minimum absolute atomic E-state index is 0.273. The van der Waals surface area contributed by atoms with E-state index in [0.717, 1.165) is 5.56 Å². The van der Waals surface area contributed by atoms with E-state index in [-0.39, 0.29) is 5.56 Å². The number of esters is 1. The quantitative estimate of drug-likeness (QED) is 0.374. The Morgan fingerprint density at radius 1 is 0.966 bits per heavy atom. The second kappa shape index (κ2) is 7.98. The van der Waals surface area contributed by atoms with Crippen LogP contribution in [0, 0.1) is 5.82 Å². The second-order valence-corrected chi connectivity index (χ2v) is 6.32. The van der Waals surface area contributed by atoms with E-state index < -0.39 is 24.2 Å². The molecule has 29 heavy (non-hydrogen) atoms. The zero-order valence-corrected chi connectivity index (χ0v) is 15.2. The zero-order valence-electron chi connectivity index (χ0n) is 15.2. The van der Waals surface area contributed by atoms with Crippen molar-refractivity contribution in [1.82, 2.24) is 9.97 Å². The topological polar surface area (TPSA) is 69.2 Å². The molecule has 0 fully saturated rings. The van der Waals surface area contributed by atoms with Crippen molar-refractivity contribution in [3.63, 3.8) is 0 Å². The summed E-state index contributed by atoms with van der Waals surface area (Å²) in [6.45, 7) is -0.441. The highest BCUT2D eigenvalue weighted by atomic mass is 19.1. The molecule has 0 aliphatic carbocycles. The SMILES string of the molecule is O=C(COC(=O)c1cc(-c2cccnc2)nc2ccccc12)c1ccc(F)cc1. The molecular formula is C23H15FN2O3. The summed E-state index contributed by atoms with van der Waals surface area (Å²) < 4.78 is 18.3. The first-order valence-corrected chi connectivity index (χ1v) is 8.88. The summed E-state index contributed by atoms with van der Waals surface area (Å²) in [7, 11) is 0. The lowest BCUT2D eigenvalue weighted by Crippen LogP contribution is -2.15. The molecule has 142 valence electrons. The van der Waals surface area contributed by atoms with Crippen LogP contribution in [0.15, 0.2) is 79.1 Å². The van der Waals surface area contributed by atoms with Crippen molar-refractivity contribution in [3.8, 4) is 11.3 Å². The number of fused-ring (bicyclic) bond motifs is 1. The maximum absolute atomic E-state index is 13.0. The summed E-state index contributed by atoms with van der Waals surface area (Å²) in [6, 6.07) is 17.5. The van der Waals surface area contributed by atoms with Gasteiger partial charge in [0.05, 0.1) is 16.8 Å². The van der Waals surface area contributed by atoms with Gasteiger partial charge >= 0.3 is 5.97 Å². The van der Waals surface area contributed by atoms with E-state index in [4.69, 9.17) is 4.74 Å². The van der Waals surface area contributed by atoms with E-state index in [1.807, 2.05) is 12.1 Å². The number of Topliss-reactive ketones (excluding diaryl/α,β-unsaturated/α-hetero) is 1. The van der Waals surface area contributed by atoms with Gasteiger partial charge in [-0.15, -0.1) is 0 Å². The number of carbonyl (C=O) groups excluding carboxylic acids is 2. The summed E-state index contributed by atoms with van der Waals surface area (Å²) in [5.41, 5.74) is 2.55. The Labute approximate surface area is 165 Å². The molecule has 0 unspecified atom stereocenters. The van der Waals surface area contributed by atoms with Gasteiger partial charge in [0.25, 0.3) is 0 Å². The van der Waals surface area contributed by atoms with Crippen molar-refractivity contribution >= 4 is 22.7 Å². The zero-order chi connectivity index (χ0) is 20.2. The molecule has 6 heteroatoms. The molecule has 0 N–H and O–H groups in total. The number of aromatic nitrogens is 2. The third-order valence-electron chi connectivity index (χ3n) is 4.39. The molecule has 4 aromatic rings. The van der Waals surface area contributed by atoms with Crippen LogP contribution in [0.4, 0.5) is 4.39 Å². The molecule has 0 saturated heterocycles. The first kappa shape index (κ1) is 18.4. The van der Waals surface area contributed by atoms with Gasteiger partial charge < -0.3 is 4.74 Å². The number of ketones is 1. The molecule has 0 amide bonds. The Balaban J connectivity index is 1.62. The van der Waals surface area contributed by atoms with E-state index >= 15 is 0 Å². The molecule has 0 spiro atoms. The lowest BCUT2D eigenvalue weighted by atomic mass is 10.1. The number of halogens is 1. The molecule has 5 nitrogen and oxygen atoms in total. The van der Waals surface area contributed by atoms with E-state index in [9.17, 15) is 14.0 Å². The van der Waals surface area contributed by atoms with E-state index in [1.165, 1.54) is 24.3 Å². The normalized spacial score (nSPS) is 10.7. The van der Waals surface area contributed by atoms with Crippen LogP contribution in [-0.2, 0) is 4.74 Å². The first-order valence-electron chi connectivity index (χ1n) is 8.88. The number of carbonyl (C=O) groups is 2. The summed E-state index contributed by atoms with van der Waals surface area (Å²) in [6.07, 6.45) is 3.31. The molecule has 4 rings (SSSR count). The van der Waals surface area contributed by atoms with Crippen LogP contribution in [0.5, 0.6) is 0 Å². The fourth-order valence-electron chi connectivity index (χ4n) is 2.93. The van der Waals surface area contributed by atoms with Crippen LogP contribution in [0.2, 0.25) is 0 Å². The van der Waals surface area contributed by atoms with Crippen molar-refractivity contribution in [2.24, 2.45) is 0 Å². The summed E-state index contributed by atoms with van der Waals surface area (Å²) >= 11 is 0. The Bertz CT molecular complexity index is 1190. The van der Waals surface area contributed by atoms with E-state index in [0.29, 0.717) is 22.2 Å². The van der Waals surface area contributed by atoms with E-state index in [1.54, 1.807) is 42.7 Å². The molecule has 0 aliphatic heterocycles. The van der Waals surface area contributed by atoms with Crippen molar-refractivity contribution in [2.75, 3.05) is 6.61 Å². The maximum atomic E-state index is 13.0. The van der Waals surface area contributed by atoms with Crippen molar-refractivity contribution in [2.45, 2.75) is 0 Å². The Morgan fingerprint density at radius 2 is 1.76 bits per heavy atom. The predicted octanol–water partition coefficient (Wildman–Crippen LogP) is 4.48. The van der Waals surface area contributed by atoms with Gasteiger partial charge in [-0.2, -0.15) is 0 Å². The Hall–Kier alpha value is -3.93. The van der Waals surface area contributed by atoms with Crippen LogP contribution >= 0.6 is 0 Å². The van der Waals surface area contributed by atoms with Crippen LogP contribution < -0.4 is 0 Å². The Morgan fingerprint density at radius 3 is 2.52 bits per heavy atom. The van der Waals surface area contributed by atoms with Gasteiger partial charge in [0.15, 0.2) is 12.4 Å². The van der Waals surface area contributed by atoms with Crippen LogP contribution in [0.1, 0.15) is 20.7 Å². The van der Waals surface area contributed by atoms with Crippen LogP contribution in [0.3, 0.4) is 0 Å². The molecule has 0 atom stereocenters. The Kier molecular flexibility index (Phi) is 5.07. The van der Waals surface area contributed by atoms with Crippen LogP contribution in [-0.4, -0.2) is 28.3 Å². The van der Waals surface area contributed by atoms with Gasteiger partial charge in [-0.05, 0) is 48.5 Å². The van der Waals surface area contributed by atoms with Gasteiger partial charge in [-0.3, -0.25) is 9.78 Å². The molecule has 2 heterocycles. The minimum atomic E-state index is -0.635. The fraction of sp³-hybridized carbons (Fsp3) is 0.0435. The first-order chi connectivity index (χ1) is 14.1. The highest BCUT2D eigenvalue weighted by molar-refractivity contribution is 6.06. The highest BCUT2D eigenvalue weighted by Gasteiger charge is 2.17. The molecule has 0 saturated carbocycles. The molecule has 0 bridgehead atoms. The molecule has 0 radical (unpaired) electrons. The summed E-state index contributed by atoms with van der Waals surface area (Å²) in [5, 5.41) is 0.624.